The number of carbonyl (C=O) groups excluding carboxylic acids is 3. The van der Waals surface area contributed by atoms with Crippen molar-refractivity contribution in [3.05, 3.63) is 53.6 Å². The van der Waals surface area contributed by atoms with Gasteiger partial charge in [0.25, 0.3) is 5.91 Å². The summed E-state index contributed by atoms with van der Waals surface area (Å²) in [5, 5.41) is 3.44. The summed E-state index contributed by atoms with van der Waals surface area (Å²) in [5.41, 5.74) is 5.16. The largest absolute Gasteiger partial charge is 0.491 e. The molecule has 7 nitrogen and oxygen atoms in total. The van der Waals surface area contributed by atoms with E-state index in [0.29, 0.717) is 24.6 Å². The molecule has 1 saturated carbocycles. The van der Waals surface area contributed by atoms with Gasteiger partial charge in [-0.3, -0.25) is 19.7 Å². The molecule has 7 heteroatoms. The second kappa shape index (κ2) is 8.31. The molecule has 1 aliphatic carbocycles. The average Bonchev–Trinajstić information content (AvgIpc) is 3.04. The molecular formula is C27H27N3O4. The fourth-order valence-corrected chi connectivity index (χ4v) is 5.83. The zero-order valence-corrected chi connectivity index (χ0v) is 19.0. The number of hydrogen-bond donors (Lipinski definition) is 1. The number of nitrogens with zero attached hydrogens (tertiary/aromatic N) is 2. The first kappa shape index (κ1) is 21.0. The van der Waals surface area contributed by atoms with Crippen molar-refractivity contribution in [3.8, 4) is 17.0 Å². The first-order valence-electron chi connectivity index (χ1n) is 12.1. The Morgan fingerprint density at radius 1 is 0.971 bits per heavy atom. The lowest BCUT2D eigenvalue weighted by Gasteiger charge is -2.25. The van der Waals surface area contributed by atoms with Crippen LogP contribution in [0.1, 0.15) is 53.9 Å². The van der Waals surface area contributed by atoms with Crippen LogP contribution >= 0.6 is 0 Å². The third kappa shape index (κ3) is 3.47. The standard InChI is InChI=1S/C27H27N3O4/c31-23-15-29(16-24(32)28-23)27(33)18-10-11-19-21(14-18)30-12-13-34-22-9-5-4-8-20(22)26(30)25(19)17-6-2-1-3-7-17/h4-5,8-11,14,17H,1-3,6-7,12-13,15-16H2,(H,28,31,32). The lowest BCUT2D eigenvalue weighted by molar-refractivity contribution is -0.135. The van der Waals surface area contributed by atoms with Gasteiger partial charge in [-0.15, -0.1) is 0 Å². The maximum atomic E-state index is 13.2. The van der Waals surface area contributed by atoms with Crippen molar-refractivity contribution >= 4 is 28.6 Å². The fraction of sp³-hybridized carbons (Fsp3) is 0.370. The summed E-state index contributed by atoms with van der Waals surface area (Å²) in [4.78, 5) is 38.2. The minimum absolute atomic E-state index is 0.108. The molecule has 0 bridgehead atoms. The molecule has 0 unspecified atom stereocenters. The zero-order valence-electron chi connectivity index (χ0n) is 19.0. The smallest absolute Gasteiger partial charge is 0.254 e. The molecule has 0 atom stereocenters. The highest BCUT2D eigenvalue weighted by molar-refractivity contribution is 6.07. The molecule has 1 aromatic heterocycles. The topological polar surface area (TPSA) is 80.6 Å². The number of benzene rings is 2. The number of ether oxygens (including phenoxy) is 1. The number of nitrogens with one attached hydrogen (secondary N) is 1. The first-order valence-corrected chi connectivity index (χ1v) is 12.1. The molecule has 3 aromatic rings. The highest BCUT2D eigenvalue weighted by Gasteiger charge is 2.31. The van der Waals surface area contributed by atoms with Crippen molar-refractivity contribution in [1.82, 2.24) is 14.8 Å². The van der Waals surface area contributed by atoms with Crippen molar-refractivity contribution < 1.29 is 19.1 Å². The number of hydrogen-bond acceptors (Lipinski definition) is 4. The van der Waals surface area contributed by atoms with E-state index in [1.54, 1.807) is 0 Å². The number of fused-ring (bicyclic) bond motifs is 5. The van der Waals surface area contributed by atoms with Crippen LogP contribution in [0.4, 0.5) is 0 Å². The van der Waals surface area contributed by atoms with E-state index in [2.05, 4.69) is 22.0 Å². The molecule has 2 aliphatic heterocycles. The van der Waals surface area contributed by atoms with Gasteiger partial charge in [0.2, 0.25) is 11.8 Å². The van der Waals surface area contributed by atoms with Crippen molar-refractivity contribution in [2.24, 2.45) is 0 Å². The molecule has 34 heavy (non-hydrogen) atoms. The Hall–Kier alpha value is -3.61. The molecule has 6 rings (SSSR count). The van der Waals surface area contributed by atoms with Crippen LogP contribution in [0.15, 0.2) is 42.5 Å². The maximum Gasteiger partial charge on any atom is 0.254 e. The number of amides is 3. The van der Waals surface area contributed by atoms with Crippen LogP contribution in [-0.4, -0.2) is 46.9 Å². The quantitative estimate of drug-likeness (QED) is 0.593. The molecular weight excluding hydrogens is 430 g/mol. The molecule has 2 fully saturated rings. The Bertz CT molecular complexity index is 1300. The van der Waals surface area contributed by atoms with E-state index in [1.165, 1.54) is 53.6 Å². The maximum absolute atomic E-state index is 13.2. The van der Waals surface area contributed by atoms with Crippen LogP contribution in [0.2, 0.25) is 0 Å². The molecule has 2 aromatic carbocycles. The van der Waals surface area contributed by atoms with E-state index < -0.39 is 11.8 Å². The van der Waals surface area contributed by atoms with Gasteiger partial charge in [-0.2, -0.15) is 0 Å². The van der Waals surface area contributed by atoms with E-state index in [-0.39, 0.29) is 19.0 Å². The van der Waals surface area contributed by atoms with Crippen molar-refractivity contribution in [2.45, 2.75) is 44.6 Å². The number of para-hydroxylation sites is 1. The summed E-state index contributed by atoms with van der Waals surface area (Å²) in [7, 11) is 0. The molecule has 1 saturated heterocycles. The van der Waals surface area contributed by atoms with E-state index in [0.717, 1.165) is 16.8 Å². The van der Waals surface area contributed by atoms with Gasteiger partial charge in [-0.05, 0) is 48.6 Å². The average molecular weight is 458 g/mol. The Labute approximate surface area is 197 Å². The first-order chi connectivity index (χ1) is 16.6. The van der Waals surface area contributed by atoms with E-state index in [1.807, 2.05) is 30.3 Å². The van der Waals surface area contributed by atoms with Gasteiger partial charge < -0.3 is 14.2 Å². The van der Waals surface area contributed by atoms with Crippen LogP contribution in [-0.2, 0) is 16.1 Å². The molecule has 0 spiro atoms. The Kier molecular flexibility index (Phi) is 5.12. The highest BCUT2D eigenvalue weighted by atomic mass is 16.5. The normalized spacial score (nSPS) is 18.6. The summed E-state index contributed by atoms with van der Waals surface area (Å²) in [5.74, 6) is 0.176. The highest BCUT2D eigenvalue weighted by Crippen LogP contribution is 2.47. The summed E-state index contributed by atoms with van der Waals surface area (Å²) in [6, 6.07) is 14.0. The SMILES string of the molecule is O=C1CN(C(=O)c2ccc3c(C4CCCCC4)c4n(c3c2)CCOc2ccccc2-4)CC(=O)N1. The van der Waals surface area contributed by atoms with Crippen LogP contribution in [0.25, 0.3) is 22.2 Å². The van der Waals surface area contributed by atoms with Gasteiger partial charge in [-0.25, -0.2) is 0 Å². The van der Waals surface area contributed by atoms with Crippen molar-refractivity contribution in [3.63, 3.8) is 0 Å². The summed E-state index contributed by atoms with van der Waals surface area (Å²) in [6.07, 6.45) is 6.08. The monoisotopic (exact) mass is 457 g/mol. The zero-order chi connectivity index (χ0) is 23.2. The third-order valence-corrected chi connectivity index (χ3v) is 7.31. The number of rotatable bonds is 2. The Balaban J connectivity index is 1.52. The summed E-state index contributed by atoms with van der Waals surface area (Å²) >= 11 is 0. The lowest BCUT2D eigenvalue weighted by atomic mass is 9.81. The second-order valence-electron chi connectivity index (χ2n) is 9.46. The van der Waals surface area contributed by atoms with Gasteiger partial charge in [-0.1, -0.05) is 37.5 Å². The van der Waals surface area contributed by atoms with Crippen LogP contribution in [0.3, 0.4) is 0 Å². The summed E-state index contributed by atoms with van der Waals surface area (Å²) in [6.45, 7) is 1.03. The third-order valence-electron chi connectivity index (χ3n) is 7.31. The van der Waals surface area contributed by atoms with Crippen molar-refractivity contribution in [2.75, 3.05) is 19.7 Å². The number of imide groups is 1. The fourth-order valence-electron chi connectivity index (χ4n) is 5.83. The predicted molar refractivity (Wildman–Crippen MR) is 128 cm³/mol. The van der Waals surface area contributed by atoms with E-state index in [9.17, 15) is 14.4 Å². The second-order valence-corrected chi connectivity index (χ2v) is 9.46. The number of carbonyl (C=O) groups is 3. The summed E-state index contributed by atoms with van der Waals surface area (Å²) < 4.78 is 8.40. The van der Waals surface area contributed by atoms with Gasteiger partial charge in [0.05, 0.1) is 12.2 Å². The van der Waals surface area contributed by atoms with Gasteiger partial charge in [0.15, 0.2) is 0 Å². The molecule has 3 heterocycles. The van der Waals surface area contributed by atoms with Gasteiger partial charge >= 0.3 is 0 Å². The Morgan fingerprint density at radius 2 is 1.74 bits per heavy atom. The molecule has 0 radical (unpaired) electrons. The van der Waals surface area contributed by atoms with E-state index >= 15 is 0 Å². The lowest BCUT2D eigenvalue weighted by Crippen LogP contribution is -2.53. The molecule has 3 aliphatic rings. The van der Waals surface area contributed by atoms with Crippen LogP contribution in [0.5, 0.6) is 5.75 Å². The molecule has 174 valence electrons. The minimum atomic E-state index is -0.449. The van der Waals surface area contributed by atoms with Crippen LogP contribution < -0.4 is 10.1 Å². The number of aromatic nitrogens is 1. The molecule has 3 amide bonds. The number of piperazine rings is 1. The van der Waals surface area contributed by atoms with Crippen LogP contribution in [0, 0.1) is 0 Å². The van der Waals surface area contributed by atoms with Crippen molar-refractivity contribution in [1.29, 1.82) is 0 Å². The van der Waals surface area contributed by atoms with Gasteiger partial charge in [0.1, 0.15) is 25.4 Å². The van der Waals surface area contributed by atoms with E-state index in [4.69, 9.17) is 4.74 Å². The minimum Gasteiger partial charge on any atom is -0.491 e. The predicted octanol–water partition coefficient (Wildman–Crippen LogP) is 3.85. The molecule has 1 N–H and O–H groups in total. The van der Waals surface area contributed by atoms with Gasteiger partial charge in [0, 0.05) is 22.0 Å². The Morgan fingerprint density at radius 3 is 2.53 bits per heavy atom.